The minimum atomic E-state index is -0.139. The van der Waals surface area contributed by atoms with Gasteiger partial charge in [0.1, 0.15) is 12.4 Å². The first-order valence-electron chi connectivity index (χ1n) is 13.9. The van der Waals surface area contributed by atoms with Crippen LogP contribution in [0.4, 0.5) is 0 Å². The van der Waals surface area contributed by atoms with E-state index < -0.39 is 0 Å². The first kappa shape index (κ1) is 29.0. The second-order valence-electron chi connectivity index (χ2n) is 9.42. The molecule has 2 N–H and O–H groups in total. The smallest absolute Gasteiger partial charge is 0.251 e. The molecule has 2 bridgehead atoms. The van der Waals surface area contributed by atoms with Crippen molar-refractivity contribution in [3.05, 3.63) is 88.5 Å². The van der Waals surface area contributed by atoms with Crippen LogP contribution in [0.15, 0.2) is 60.7 Å². The predicted octanol–water partition coefficient (Wildman–Crippen LogP) is 4.58. The zero-order valence-corrected chi connectivity index (χ0v) is 23.3. The Morgan fingerprint density at radius 1 is 0.950 bits per heavy atom. The predicted molar refractivity (Wildman–Crippen MR) is 154 cm³/mol. The van der Waals surface area contributed by atoms with E-state index in [1.807, 2.05) is 62.4 Å². The molecule has 2 amide bonds. The van der Waals surface area contributed by atoms with Gasteiger partial charge in [-0.1, -0.05) is 18.2 Å². The van der Waals surface area contributed by atoms with Crippen LogP contribution in [0.3, 0.4) is 0 Å². The van der Waals surface area contributed by atoms with E-state index in [0.29, 0.717) is 69.4 Å². The lowest BCUT2D eigenvalue weighted by molar-refractivity contribution is 0.0865. The van der Waals surface area contributed by atoms with Crippen LogP contribution in [0.5, 0.6) is 17.2 Å². The molecule has 40 heavy (non-hydrogen) atoms. The first-order chi connectivity index (χ1) is 19.6. The molecule has 0 saturated heterocycles. The molecule has 3 aromatic rings. The van der Waals surface area contributed by atoms with E-state index >= 15 is 0 Å². The molecule has 0 spiro atoms. The fourth-order valence-corrected chi connectivity index (χ4v) is 4.54. The summed E-state index contributed by atoms with van der Waals surface area (Å²) in [5, 5.41) is 5.90. The Bertz CT molecular complexity index is 1290. The zero-order chi connectivity index (χ0) is 28.2. The monoisotopic (exact) mass is 546 g/mol. The van der Waals surface area contributed by atoms with Crippen molar-refractivity contribution >= 4 is 11.8 Å². The van der Waals surface area contributed by atoms with Gasteiger partial charge in [-0.3, -0.25) is 9.59 Å². The van der Waals surface area contributed by atoms with Crippen LogP contribution < -0.4 is 24.8 Å². The van der Waals surface area contributed by atoms with Crippen LogP contribution in [-0.4, -0.2) is 57.9 Å². The van der Waals surface area contributed by atoms with Gasteiger partial charge in [0.05, 0.1) is 26.4 Å². The number of fused-ring (bicyclic) bond motifs is 3. The first-order valence-corrected chi connectivity index (χ1v) is 13.9. The van der Waals surface area contributed by atoms with E-state index in [0.717, 1.165) is 41.0 Å². The maximum Gasteiger partial charge on any atom is 0.251 e. The summed E-state index contributed by atoms with van der Waals surface area (Å²) in [5.41, 5.74) is 4.12. The standard InChI is InChI=1S/C32H38N2O6/c1-3-38-29-12-10-23(21-30(29)39-4-2)8-6-14-33-32(36)26-11-13-28-27(22-26)20-24-7-5-9-25(19-24)31(35)34-15-16-37-17-18-40-28/h5,7,9-13,19,21-22H,3-4,6,8,14-18,20H2,1-2H3,(H,33,36)(H,34,35). The second kappa shape index (κ2) is 14.9. The number of carbonyl (C=O) groups excluding carboxylic acids is 2. The Labute approximate surface area is 236 Å². The molecule has 1 aliphatic heterocycles. The van der Waals surface area contributed by atoms with Crippen molar-refractivity contribution < 1.29 is 28.5 Å². The van der Waals surface area contributed by atoms with E-state index in [-0.39, 0.29) is 11.8 Å². The third-order valence-corrected chi connectivity index (χ3v) is 6.46. The maximum absolute atomic E-state index is 13.0. The summed E-state index contributed by atoms with van der Waals surface area (Å²) >= 11 is 0. The number of aryl methyl sites for hydroxylation is 1. The van der Waals surface area contributed by atoms with Gasteiger partial charge in [0.25, 0.3) is 11.8 Å². The van der Waals surface area contributed by atoms with Crippen LogP contribution in [0.25, 0.3) is 0 Å². The molecule has 0 atom stereocenters. The summed E-state index contributed by atoms with van der Waals surface area (Å²) < 4.78 is 22.9. The molecule has 3 aromatic carbocycles. The summed E-state index contributed by atoms with van der Waals surface area (Å²) in [6.45, 7) is 7.22. The van der Waals surface area contributed by atoms with Crippen LogP contribution in [0, 0.1) is 0 Å². The molecule has 0 aliphatic carbocycles. The number of carbonyl (C=O) groups is 2. The molecule has 0 saturated carbocycles. The number of rotatable bonds is 9. The quantitative estimate of drug-likeness (QED) is 0.382. The van der Waals surface area contributed by atoms with Crippen LogP contribution in [0.1, 0.15) is 57.7 Å². The lowest BCUT2D eigenvalue weighted by Crippen LogP contribution is -2.28. The maximum atomic E-state index is 13.0. The van der Waals surface area contributed by atoms with E-state index in [4.69, 9.17) is 18.9 Å². The van der Waals surface area contributed by atoms with Crippen LogP contribution in [0.2, 0.25) is 0 Å². The van der Waals surface area contributed by atoms with Crippen molar-refractivity contribution in [1.82, 2.24) is 10.6 Å². The molecule has 4 rings (SSSR count). The van der Waals surface area contributed by atoms with Gasteiger partial charge in [0, 0.05) is 30.6 Å². The number of benzene rings is 3. The Balaban J connectivity index is 1.40. The van der Waals surface area contributed by atoms with Gasteiger partial charge in [-0.2, -0.15) is 0 Å². The molecular weight excluding hydrogens is 508 g/mol. The fourth-order valence-electron chi connectivity index (χ4n) is 4.54. The number of amides is 2. The van der Waals surface area contributed by atoms with Gasteiger partial charge in [-0.25, -0.2) is 0 Å². The molecule has 212 valence electrons. The van der Waals surface area contributed by atoms with Crippen molar-refractivity contribution in [1.29, 1.82) is 0 Å². The highest BCUT2D eigenvalue weighted by Gasteiger charge is 2.14. The molecule has 8 nitrogen and oxygen atoms in total. The minimum absolute atomic E-state index is 0.133. The lowest BCUT2D eigenvalue weighted by atomic mass is 9.99. The van der Waals surface area contributed by atoms with Gasteiger partial charge >= 0.3 is 0 Å². The van der Waals surface area contributed by atoms with Gasteiger partial charge in [-0.05, 0) is 85.8 Å². The highest BCUT2D eigenvalue weighted by molar-refractivity contribution is 5.95. The molecule has 0 aromatic heterocycles. The van der Waals surface area contributed by atoms with Crippen LogP contribution in [-0.2, 0) is 17.6 Å². The SMILES string of the molecule is CCOc1ccc(CCCNC(=O)c2ccc3c(c2)Cc2cccc(c2)C(=O)NCCOCCO3)cc1OCC. The van der Waals surface area contributed by atoms with Crippen molar-refractivity contribution in [3.63, 3.8) is 0 Å². The van der Waals surface area contributed by atoms with Crippen LogP contribution >= 0.6 is 0 Å². The van der Waals surface area contributed by atoms with E-state index in [1.54, 1.807) is 12.1 Å². The Kier molecular flexibility index (Phi) is 10.8. The summed E-state index contributed by atoms with van der Waals surface area (Å²) in [6.07, 6.45) is 2.11. The molecule has 0 radical (unpaired) electrons. The number of nitrogens with one attached hydrogen (secondary N) is 2. The van der Waals surface area contributed by atoms with Gasteiger partial charge in [0.15, 0.2) is 11.5 Å². The highest BCUT2D eigenvalue weighted by atomic mass is 16.5. The van der Waals surface area contributed by atoms with Crippen molar-refractivity contribution in [2.45, 2.75) is 33.1 Å². The van der Waals surface area contributed by atoms with Gasteiger partial charge in [-0.15, -0.1) is 0 Å². The largest absolute Gasteiger partial charge is 0.491 e. The van der Waals surface area contributed by atoms with E-state index in [9.17, 15) is 9.59 Å². The number of hydrogen-bond donors (Lipinski definition) is 2. The van der Waals surface area contributed by atoms with Gasteiger partial charge < -0.3 is 29.6 Å². The van der Waals surface area contributed by atoms with E-state index in [2.05, 4.69) is 10.6 Å². The van der Waals surface area contributed by atoms with Gasteiger partial charge in [0.2, 0.25) is 0 Å². The normalized spacial score (nSPS) is 13.7. The number of hydrogen-bond acceptors (Lipinski definition) is 6. The Morgan fingerprint density at radius 3 is 2.65 bits per heavy atom. The molecule has 0 fully saturated rings. The fraction of sp³-hybridized carbons (Fsp3) is 0.375. The molecule has 8 heteroatoms. The Hall–Kier alpha value is -4.04. The molecular formula is C32H38N2O6. The summed E-state index contributed by atoms with van der Waals surface area (Å²) in [4.78, 5) is 25.5. The summed E-state index contributed by atoms with van der Waals surface area (Å²) in [6, 6.07) is 19.0. The highest BCUT2D eigenvalue weighted by Crippen LogP contribution is 2.29. The molecule has 1 heterocycles. The summed E-state index contributed by atoms with van der Waals surface area (Å²) in [7, 11) is 0. The number of ether oxygens (including phenoxy) is 4. The Morgan fingerprint density at radius 2 is 1.80 bits per heavy atom. The minimum Gasteiger partial charge on any atom is -0.491 e. The van der Waals surface area contributed by atoms with Crippen molar-refractivity contribution in [2.24, 2.45) is 0 Å². The average molecular weight is 547 g/mol. The topological polar surface area (TPSA) is 95.1 Å². The average Bonchev–Trinajstić information content (AvgIpc) is 2.96. The summed E-state index contributed by atoms with van der Waals surface area (Å²) in [5.74, 6) is 1.92. The second-order valence-corrected chi connectivity index (χ2v) is 9.42. The molecule has 0 unspecified atom stereocenters. The van der Waals surface area contributed by atoms with Crippen molar-refractivity contribution in [2.75, 3.05) is 46.1 Å². The third-order valence-electron chi connectivity index (χ3n) is 6.46. The lowest BCUT2D eigenvalue weighted by Gasteiger charge is -2.15. The van der Waals surface area contributed by atoms with Crippen molar-refractivity contribution in [3.8, 4) is 17.2 Å². The van der Waals surface area contributed by atoms with E-state index in [1.165, 1.54) is 0 Å². The third kappa shape index (κ3) is 8.23. The molecule has 1 aliphatic rings. The zero-order valence-electron chi connectivity index (χ0n) is 23.3.